The minimum Gasteiger partial charge on any atom is -0.483 e. The van der Waals surface area contributed by atoms with E-state index in [1.165, 1.54) is 0 Å². The molecule has 1 N–H and O–H groups in total. The van der Waals surface area contributed by atoms with Crippen LogP contribution in [0.4, 0.5) is 0 Å². The molecular weight excluding hydrogens is 380 g/mol. The smallest absolute Gasteiger partial charge is 0.277 e. The van der Waals surface area contributed by atoms with Crippen LogP contribution >= 0.6 is 15.9 Å². The number of hydrazone groups is 1. The first-order valence-corrected chi connectivity index (χ1v) is 8.67. The van der Waals surface area contributed by atoms with Crippen LogP contribution in [0.15, 0.2) is 76.3 Å². The molecule has 0 radical (unpaired) electrons. The van der Waals surface area contributed by atoms with Gasteiger partial charge in [-0.3, -0.25) is 4.79 Å². The largest absolute Gasteiger partial charge is 0.483 e. The van der Waals surface area contributed by atoms with Crippen LogP contribution in [0.2, 0.25) is 0 Å². The molecule has 3 aromatic carbocycles. The minimum absolute atomic E-state index is 0.0976. The summed E-state index contributed by atoms with van der Waals surface area (Å²) in [6.45, 7) is -0.0976. The Bertz CT molecular complexity index is 895. The summed E-state index contributed by atoms with van der Waals surface area (Å²) < 4.78 is 6.43. The number of nitrogens with one attached hydrogen (secondary N) is 1. The number of rotatable bonds is 6. The minimum atomic E-state index is -0.302. The Labute approximate surface area is 154 Å². The number of fused-ring (bicyclic) bond motifs is 1. The van der Waals surface area contributed by atoms with Gasteiger partial charge in [0, 0.05) is 12.6 Å². The van der Waals surface area contributed by atoms with E-state index >= 15 is 0 Å². The van der Waals surface area contributed by atoms with Crippen molar-refractivity contribution in [1.29, 1.82) is 0 Å². The zero-order valence-electron chi connectivity index (χ0n) is 13.5. The number of ether oxygens (including phenoxy) is 1. The Morgan fingerprint density at radius 2 is 1.80 bits per heavy atom. The predicted molar refractivity (Wildman–Crippen MR) is 104 cm³/mol. The van der Waals surface area contributed by atoms with Crippen LogP contribution in [-0.4, -0.2) is 18.7 Å². The highest BCUT2D eigenvalue weighted by Crippen LogP contribution is 2.32. The number of hydrogen-bond acceptors (Lipinski definition) is 3. The summed E-state index contributed by atoms with van der Waals surface area (Å²) in [5.74, 6) is 0.325. The highest BCUT2D eigenvalue weighted by molar-refractivity contribution is 9.10. The van der Waals surface area contributed by atoms with Gasteiger partial charge in [-0.2, -0.15) is 5.10 Å². The first-order chi connectivity index (χ1) is 12.2. The van der Waals surface area contributed by atoms with Crippen LogP contribution in [0.3, 0.4) is 0 Å². The van der Waals surface area contributed by atoms with Gasteiger partial charge in [0.15, 0.2) is 6.61 Å². The van der Waals surface area contributed by atoms with Crippen molar-refractivity contribution in [3.63, 3.8) is 0 Å². The Kier molecular flexibility index (Phi) is 5.80. The number of carbonyl (C=O) groups is 1. The molecule has 0 saturated carbocycles. The normalized spacial score (nSPS) is 10.9. The lowest BCUT2D eigenvalue weighted by Crippen LogP contribution is -2.24. The second kappa shape index (κ2) is 8.44. The average molecular weight is 397 g/mol. The fraction of sp³-hybridized carbons (Fsp3) is 0.100. The molecule has 0 aliphatic heterocycles. The summed E-state index contributed by atoms with van der Waals surface area (Å²) in [6.07, 6.45) is 2.33. The molecule has 1 amide bonds. The van der Waals surface area contributed by atoms with Crippen LogP contribution in [0.1, 0.15) is 5.56 Å². The molecule has 0 unspecified atom stereocenters. The van der Waals surface area contributed by atoms with Gasteiger partial charge in [-0.1, -0.05) is 60.7 Å². The Morgan fingerprint density at radius 1 is 1.04 bits per heavy atom. The number of halogens is 1. The van der Waals surface area contributed by atoms with Crippen LogP contribution in [-0.2, 0) is 11.2 Å². The maximum atomic E-state index is 11.8. The molecule has 0 bridgehead atoms. The van der Waals surface area contributed by atoms with E-state index in [-0.39, 0.29) is 12.5 Å². The molecule has 0 heterocycles. The number of carbonyl (C=O) groups excluding carboxylic acids is 1. The summed E-state index contributed by atoms with van der Waals surface area (Å²) in [6, 6.07) is 21.7. The van der Waals surface area contributed by atoms with Crippen molar-refractivity contribution in [2.24, 2.45) is 5.10 Å². The number of benzene rings is 3. The number of hydrogen-bond donors (Lipinski definition) is 1. The molecule has 0 aliphatic carbocycles. The molecule has 0 spiro atoms. The maximum absolute atomic E-state index is 11.8. The molecule has 126 valence electrons. The zero-order valence-corrected chi connectivity index (χ0v) is 15.1. The fourth-order valence-corrected chi connectivity index (χ4v) is 2.99. The second-order valence-corrected chi connectivity index (χ2v) is 6.22. The van der Waals surface area contributed by atoms with Crippen LogP contribution < -0.4 is 10.2 Å². The first kappa shape index (κ1) is 17.2. The monoisotopic (exact) mass is 396 g/mol. The van der Waals surface area contributed by atoms with Gasteiger partial charge in [-0.15, -0.1) is 0 Å². The summed E-state index contributed by atoms with van der Waals surface area (Å²) in [5, 5.41) is 6.09. The third-order valence-corrected chi connectivity index (χ3v) is 4.45. The van der Waals surface area contributed by atoms with E-state index in [0.29, 0.717) is 12.2 Å². The van der Waals surface area contributed by atoms with Gasteiger partial charge in [0.25, 0.3) is 5.91 Å². The number of nitrogens with zero attached hydrogens (tertiary/aromatic N) is 1. The second-order valence-electron chi connectivity index (χ2n) is 5.42. The van der Waals surface area contributed by atoms with Gasteiger partial charge in [-0.25, -0.2) is 5.43 Å². The van der Waals surface area contributed by atoms with E-state index in [2.05, 4.69) is 26.5 Å². The highest BCUT2D eigenvalue weighted by Gasteiger charge is 2.08. The van der Waals surface area contributed by atoms with Crippen molar-refractivity contribution in [2.75, 3.05) is 6.61 Å². The van der Waals surface area contributed by atoms with Crippen molar-refractivity contribution < 1.29 is 9.53 Å². The molecule has 3 rings (SSSR count). The van der Waals surface area contributed by atoms with Crippen molar-refractivity contribution in [2.45, 2.75) is 6.42 Å². The van der Waals surface area contributed by atoms with Crippen LogP contribution in [0, 0.1) is 0 Å². The summed E-state index contributed by atoms with van der Waals surface area (Å²) in [5.41, 5.74) is 3.61. The van der Waals surface area contributed by atoms with Crippen LogP contribution in [0.5, 0.6) is 5.75 Å². The van der Waals surface area contributed by atoms with Crippen molar-refractivity contribution in [3.05, 3.63) is 76.8 Å². The van der Waals surface area contributed by atoms with E-state index in [4.69, 9.17) is 4.74 Å². The molecule has 4 nitrogen and oxygen atoms in total. The quantitative estimate of drug-likeness (QED) is 0.497. The van der Waals surface area contributed by atoms with Gasteiger partial charge in [0.2, 0.25) is 0 Å². The maximum Gasteiger partial charge on any atom is 0.277 e. The SMILES string of the molecule is O=C(COc1ccc2ccccc2c1Br)NN=CCc1ccccc1. The van der Waals surface area contributed by atoms with E-state index in [1.54, 1.807) is 6.21 Å². The van der Waals surface area contributed by atoms with Gasteiger partial charge in [-0.05, 0) is 38.3 Å². The van der Waals surface area contributed by atoms with Crippen molar-refractivity contribution in [1.82, 2.24) is 5.43 Å². The Morgan fingerprint density at radius 3 is 2.64 bits per heavy atom. The molecule has 0 atom stereocenters. The topological polar surface area (TPSA) is 50.7 Å². The van der Waals surface area contributed by atoms with Crippen LogP contribution in [0.25, 0.3) is 10.8 Å². The Hall–Kier alpha value is -2.66. The van der Waals surface area contributed by atoms with Crippen molar-refractivity contribution >= 4 is 38.8 Å². The van der Waals surface area contributed by atoms with E-state index in [9.17, 15) is 4.79 Å². The molecule has 3 aromatic rings. The van der Waals surface area contributed by atoms with Gasteiger partial charge in [0.05, 0.1) is 4.47 Å². The lowest BCUT2D eigenvalue weighted by Gasteiger charge is -2.09. The van der Waals surface area contributed by atoms with Gasteiger partial charge in [0.1, 0.15) is 5.75 Å². The zero-order chi connectivity index (χ0) is 17.5. The van der Waals surface area contributed by atoms with E-state index in [1.807, 2.05) is 66.7 Å². The third-order valence-electron chi connectivity index (χ3n) is 3.64. The first-order valence-electron chi connectivity index (χ1n) is 7.88. The average Bonchev–Trinajstić information content (AvgIpc) is 2.66. The molecule has 0 saturated heterocycles. The van der Waals surface area contributed by atoms with E-state index in [0.717, 1.165) is 20.8 Å². The van der Waals surface area contributed by atoms with Crippen molar-refractivity contribution in [3.8, 4) is 5.75 Å². The summed E-state index contributed by atoms with van der Waals surface area (Å²) in [7, 11) is 0. The molecule has 25 heavy (non-hydrogen) atoms. The summed E-state index contributed by atoms with van der Waals surface area (Å²) in [4.78, 5) is 11.8. The molecule has 0 aromatic heterocycles. The Balaban J connectivity index is 1.51. The van der Waals surface area contributed by atoms with Gasteiger partial charge < -0.3 is 4.74 Å². The molecule has 0 aliphatic rings. The molecule has 0 fully saturated rings. The standard InChI is InChI=1S/C20H17BrN2O2/c21-20-17-9-5-4-8-16(17)10-11-18(20)25-14-19(24)23-22-13-12-15-6-2-1-3-7-15/h1-11,13H,12,14H2,(H,23,24). The molecular formula is C20H17BrN2O2. The lowest BCUT2D eigenvalue weighted by atomic mass is 10.1. The third kappa shape index (κ3) is 4.67. The predicted octanol–water partition coefficient (Wildman–Crippen LogP) is 4.33. The fourth-order valence-electron chi connectivity index (χ4n) is 2.38. The van der Waals surface area contributed by atoms with E-state index < -0.39 is 0 Å². The lowest BCUT2D eigenvalue weighted by molar-refractivity contribution is -0.123. The number of amides is 1. The summed E-state index contributed by atoms with van der Waals surface area (Å²) >= 11 is 3.54. The van der Waals surface area contributed by atoms with Gasteiger partial charge >= 0.3 is 0 Å². The molecule has 5 heteroatoms. The highest BCUT2D eigenvalue weighted by atomic mass is 79.9.